The molecular formula is C32H42ClN6O3P. The predicted molar refractivity (Wildman–Crippen MR) is 183 cm³/mol. The summed E-state index contributed by atoms with van der Waals surface area (Å²) in [5.41, 5.74) is 3.77. The highest BCUT2D eigenvalue weighted by Crippen LogP contribution is 2.39. The Morgan fingerprint density at radius 2 is 1.86 bits per heavy atom. The maximum Gasteiger partial charge on any atom is 0.247 e. The van der Waals surface area contributed by atoms with E-state index in [1.165, 1.54) is 11.4 Å². The van der Waals surface area contributed by atoms with Crippen LogP contribution < -0.4 is 30.9 Å². The number of amidine groups is 1. The molecule has 2 aliphatic heterocycles. The summed E-state index contributed by atoms with van der Waals surface area (Å²) in [4.78, 5) is 21.7. The van der Waals surface area contributed by atoms with Gasteiger partial charge in [-0.15, -0.1) is 0 Å². The van der Waals surface area contributed by atoms with E-state index in [2.05, 4.69) is 63.3 Å². The summed E-state index contributed by atoms with van der Waals surface area (Å²) in [6.07, 6.45) is 3.86. The van der Waals surface area contributed by atoms with Crippen LogP contribution in [0, 0.1) is 0 Å². The minimum absolute atomic E-state index is 0.285. The minimum Gasteiger partial charge on any atom is -0.494 e. The van der Waals surface area contributed by atoms with Gasteiger partial charge in [0.25, 0.3) is 0 Å². The van der Waals surface area contributed by atoms with Gasteiger partial charge in [-0.25, -0.2) is 4.99 Å². The van der Waals surface area contributed by atoms with Crippen LogP contribution in [0.3, 0.4) is 0 Å². The topological polar surface area (TPSA) is 90.5 Å². The van der Waals surface area contributed by atoms with Gasteiger partial charge in [0.2, 0.25) is 5.91 Å². The molecule has 0 radical (unpaired) electrons. The van der Waals surface area contributed by atoms with Gasteiger partial charge < -0.3 is 30.3 Å². The monoisotopic (exact) mass is 624 g/mol. The minimum atomic E-state index is -0.296. The third-order valence-electron chi connectivity index (χ3n) is 7.47. The molecule has 43 heavy (non-hydrogen) atoms. The highest BCUT2D eigenvalue weighted by Gasteiger charge is 2.30. The Labute approximate surface area is 261 Å². The number of nitrogens with one attached hydrogen (secondary N) is 3. The molecule has 3 N–H and O–H groups in total. The number of anilines is 4. The first-order chi connectivity index (χ1) is 20.7. The number of morpholine rings is 1. The quantitative estimate of drug-likeness (QED) is 0.0981. The molecule has 1 unspecified atom stereocenters. The molecule has 2 aromatic rings. The Bertz CT molecular complexity index is 1390. The number of carbonyl (C=O) groups excluding carboxylic acids is 1. The SMILES string of the molecule is C=CC(=O)Nc1cc(N/C(C)=N/C=C(/Cl)C(=C)Nc2ccccc2P(C)C)c(OC)cc1N1CCC(N2CCOCC2)C1. The number of hydrogen-bond acceptors (Lipinski definition) is 7. The Balaban J connectivity index is 1.52. The Hall–Kier alpha value is -3.36. The van der Waals surface area contributed by atoms with E-state index in [-0.39, 0.29) is 13.8 Å². The zero-order valence-corrected chi connectivity index (χ0v) is 27.1. The molecule has 0 spiro atoms. The molecule has 0 bridgehead atoms. The van der Waals surface area contributed by atoms with E-state index in [9.17, 15) is 4.79 Å². The van der Waals surface area contributed by atoms with Crippen molar-refractivity contribution in [2.45, 2.75) is 19.4 Å². The lowest BCUT2D eigenvalue weighted by Gasteiger charge is -2.32. The Morgan fingerprint density at radius 3 is 2.56 bits per heavy atom. The normalized spacial score (nSPS) is 18.0. The number of hydrogen-bond donors (Lipinski definition) is 3. The van der Waals surface area contributed by atoms with Crippen molar-refractivity contribution in [1.29, 1.82) is 0 Å². The number of aliphatic imine (C=N–C) groups is 1. The Kier molecular flexibility index (Phi) is 11.7. The number of halogens is 1. The fourth-order valence-corrected chi connectivity index (χ4v) is 6.33. The maximum absolute atomic E-state index is 12.4. The summed E-state index contributed by atoms with van der Waals surface area (Å²) < 4.78 is 11.3. The van der Waals surface area contributed by atoms with Crippen molar-refractivity contribution in [3.63, 3.8) is 0 Å². The second kappa shape index (κ2) is 15.4. The van der Waals surface area contributed by atoms with E-state index in [4.69, 9.17) is 21.1 Å². The van der Waals surface area contributed by atoms with Gasteiger partial charge in [0.1, 0.15) is 11.6 Å². The van der Waals surface area contributed by atoms with E-state index in [0.29, 0.717) is 39.7 Å². The van der Waals surface area contributed by atoms with Crippen LogP contribution >= 0.6 is 19.5 Å². The largest absolute Gasteiger partial charge is 0.494 e. The van der Waals surface area contributed by atoms with Crippen molar-refractivity contribution in [1.82, 2.24) is 4.90 Å². The van der Waals surface area contributed by atoms with Crippen molar-refractivity contribution < 1.29 is 14.3 Å². The van der Waals surface area contributed by atoms with Crippen LogP contribution in [0.1, 0.15) is 13.3 Å². The number of allylic oxidation sites excluding steroid dienone is 1. The molecule has 2 fully saturated rings. The lowest BCUT2D eigenvalue weighted by atomic mass is 10.2. The molecule has 2 aliphatic rings. The molecule has 0 aromatic heterocycles. The number of nitrogens with zero attached hydrogens (tertiary/aromatic N) is 3. The summed E-state index contributed by atoms with van der Waals surface area (Å²) in [7, 11) is 1.33. The lowest BCUT2D eigenvalue weighted by molar-refractivity contribution is -0.111. The number of methoxy groups -OCH3 is 1. The predicted octanol–water partition coefficient (Wildman–Crippen LogP) is 5.63. The van der Waals surface area contributed by atoms with Gasteiger partial charge in [0.05, 0.1) is 48.1 Å². The molecule has 2 aromatic carbocycles. The molecular weight excluding hydrogens is 583 g/mol. The number of carbonyl (C=O) groups is 1. The summed E-state index contributed by atoms with van der Waals surface area (Å²) in [6.45, 7) is 19.1. The van der Waals surface area contributed by atoms with Crippen molar-refractivity contribution >= 4 is 59.3 Å². The van der Waals surface area contributed by atoms with Crippen LogP contribution in [0.2, 0.25) is 0 Å². The van der Waals surface area contributed by atoms with E-state index >= 15 is 0 Å². The first-order valence-electron chi connectivity index (χ1n) is 14.3. The van der Waals surface area contributed by atoms with Crippen LogP contribution in [0.25, 0.3) is 0 Å². The first-order valence-corrected chi connectivity index (χ1v) is 16.9. The second-order valence-corrected chi connectivity index (χ2v) is 13.3. The average molecular weight is 625 g/mol. The summed E-state index contributed by atoms with van der Waals surface area (Å²) in [5.74, 6) is 0.926. The van der Waals surface area contributed by atoms with Gasteiger partial charge in [0, 0.05) is 50.2 Å². The van der Waals surface area contributed by atoms with Gasteiger partial charge in [-0.3, -0.25) is 9.69 Å². The second-order valence-electron chi connectivity index (χ2n) is 10.6. The van der Waals surface area contributed by atoms with Gasteiger partial charge in [-0.2, -0.15) is 0 Å². The molecule has 4 rings (SSSR count). The Morgan fingerprint density at radius 1 is 1.12 bits per heavy atom. The molecule has 1 atom stereocenters. The van der Waals surface area contributed by atoms with Gasteiger partial charge in [-0.05, 0) is 50.2 Å². The van der Waals surface area contributed by atoms with Crippen LogP contribution in [0.4, 0.5) is 22.7 Å². The first kappa shape index (κ1) is 32.6. The molecule has 0 saturated carbocycles. The molecule has 11 heteroatoms. The van der Waals surface area contributed by atoms with E-state index in [1.54, 1.807) is 13.3 Å². The van der Waals surface area contributed by atoms with Crippen molar-refractivity contribution in [2.24, 2.45) is 4.99 Å². The molecule has 230 valence electrons. The fourth-order valence-electron chi connectivity index (χ4n) is 5.23. The molecule has 1 amide bonds. The molecule has 0 aliphatic carbocycles. The highest BCUT2D eigenvalue weighted by molar-refractivity contribution is 7.64. The third kappa shape index (κ3) is 8.61. The number of benzene rings is 2. The van der Waals surface area contributed by atoms with Gasteiger partial charge >= 0.3 is 0 Å². The van der Waals surface area contributed by atoms with Crippen LogP contribution in [-0.4, -0.2) is 82.5 Å². The number of amides is 1. The zero-order valence-electron chi connectivity index (χ0n) is 25.5. The van der Waals surface area contributed by atoms with Crippen LogP contribution in [-0.2, 0) is 9.53 Å². The van der Waals surface area contributed by atoms with E-state index < -0.39 is 0 Å². The number of ether oxygens (including phenoxy) is 2. The summed E-state index contributed by atoms with van der Waals surface area (Å²) in [5, 5.41) is 11.2. The highest BCUT2D eigenvalue weighted by atomic mass is 35.5. The molecule has 9 nitrogen and oxygen atoms in total. The standard InChI is InChI=1S/C32H42ClN6O3P/c1-7-32(40)37-27-18-28(30(41-4)19-29(27)39-13-12-24(21-39)38-14-16-42-17-15-38)36-23(3)34-20-25(33)22(2)35-26-10-8-9-11-31(26)43(5)6/h7-11,18-20,24,35H,1-2,12-17,21H2,3-6H3,(H,34,36)(H,37,40)/b25-20+. The smallest absolute Gasteiger partial charge is 0.247 e. The van der Waals surface area contributed by atoms with Crippen LogP contribution in [0.15, 0.2) is 77.6 Å². The van der Waals surface area contributed by atoms with Crippen molar-refractivity contribution in [2.75, 3.05) is 80.7 Å². The van der Waals surface area contributed by atoms with Gasteiger partial charge in [-0.1, -0.05) is 50.9 Å². The van der Waals surface area contributed by atoms with Crippen LogP contribution in [0.5, 0.6) is 5.75 Å². The van der Waals surface area contributed by atoms with Crippen molar-refractivity contribution in [3.8, 4) is 5.75 Å². The molecule has 2 saturated heterocycles. The maximum atomic E-state index is 12.4. The summed E-state index contributed by atoms with van der Waals surface area (Å²) in [6, 6.07) is 12.4. The number of rotatable bonds is 11. The number of para-hydroxylation sites is 1. The van der Waals surface area contributed by atoms with Crippen molar-refractivity contribution in [3.05, 3.63) is 72.6 Å². The van der Waals surface area contributed by atoms with Gasteiger partial charge in [0.15, 0.2) is 0 Å². The molecule has 2 heterocycles. The summed E-state index contributed by atoms with van der Waals surface area (Å²) >= 11 is 6.55. The third-order valence-corrected chi connectivity index (χ3v) is 9.15. The lowest BCUT2D eigenvalue weighted by Crippen LogP contribution is -2.44. The van der Waals surface area contributed by atoms with E-state index in [1.807, 2.05) is 37.3 Å². The zero-order chi connectivity index (χ0) is 30.9. The van der Waals surface area contributed by atoms with E-state index in [0.717, 1.165) is 57.2 Å². The average Bonchev–Trinajstić information content (AvgIpc) is 3.50. The fraction of sp³-hybridized carbons (Fsp3) is 0.375.